The van der Waals surface area contributed by atoms with Crippen LogP contribution >= 0.6 is 0 Å². The molecule has 0 atom stereocenters. The Morgan fingerprint density at radius 3 is 2.42 bits per heavy atom. The van der Waals surface area contributed by atoms with E-state index < -0.39 is 22.8 Å². The predicted molar refractivity (Wildman–Crippen MR) is 130 cm³/mol. The highest BCUT2D eigenvalue weighted by molar-refractivity contribution is 5.83. The molecule has 174 valence electrons. The number of fused-ring (bicyclic) bond motifs is 1. The number of hydrogen-bond acceptors (Lipinski definition) is 6. The monoisotopic (exact) mass is 449 g/mol. The highest BCUT2D eigenvalue weighted by Gasteiger charge is 2.42. The van der Waals surface area contributed by atoms with Crippen molar-refractivity contribution in [2.75, 3.05) is 0 Å². The average molecular weight is 450 g/mol. The molecule has 0 spiro atoms. The van der Waals surface area contributed by atoms with Gasteiger partial charge in [0.1, 0.15) is 22.5 Å². The van der Waals surface area contributed by atoms with Gasteiger partial charge in [-0.2, -0.15) is 0 Å². The Kier molecular flexibility index (Phi) is 6.79. The summed E-state index contributed by atoms with van der Waals surface area (Å²) in [4.78, 5) is 24.6. The van der Waals surface area contributed by atoms with Gasteiger partial charge in [0.15, 0.2) is 0 Å². The molecule has 0 saturated carbocycles. The number of carbonyl (C=O) groups is 1. The molecule has 2 aromatic carbocycles. The van der Waals surface area contributed by atoms with Crippen LogP contribution in [0.2, 0.25) is 0 Å². The van der Waals surface area contributed by atoms with Crippen LogP contribution in [-0.2, 0) is 22.5 Å². The van der Waals surface area contributed by atoms with Crippen molar-refractivity contribution in [3.63, 3.8) is 0 Å². The molecule has 0 aliphatic carbocycles. The zero-order chi connectivity index (χ0) is 24.4. The molecule has 3 rings (SSSR count). The maximum atomic E-state index is 12.9. The minimum Gasteiger partial charge on any atom is -0.484 e. The van der Waals surface area contributed by atoms with Crippen molar-refractivity contribution in [1.82, 2.24) is 0 Å². The molecule has 0 aliphatic rings. The van der Waals surface area contributed by atoms with E-state index >= 15 is 0 Å². The molecule has 1 heterocycles. The Hall–Kier alpha value is -3.38. The van der Waals surface area contributed by atoms with Crippen LogP contribution < -0.4 is 16.1 Å². The molecule has 0 saturated heterocycles. The number of benzene rings is 2. The lowest BCUT2D eigenvalue weighted by atomic mass is 9.89. The van der Waals surface area contributed by atoms with E-state index in [9.17, 15) is 9.59 Å². The molecule has 6 nitrogen and oxygen atoms in total. The number of carbonyl (C=O) groups excluding carboxylic acids is 1. The van der Waals surface area contributed by atoms with Gasteiger partial charge in [0.25, 0.3) is 0 Å². The van der Waals surface area contributed by atoms with Crippen LogP contribution in [-0.4, -0.2) is 17.2 Å². The second kappa shape index (κ2) is 9.24. The van der Waals surface area contributed by atoms with Gasteiger partial charge < -0.3 is 19.6 Å². The van der Waals surface area contributed by atoms with Crippen LogP contribution in [0.5, 0.6) is 5.75 Å². The first kappa shape index (κ1) is 24.3. The minimum absolute atomic E-state index is 0.412. The number of esters is 1. The van der Waals surface area contributed by atoms with Crippen LogP contribution in [0, 0.1) is 0 Å². The highest BCUT2D eigenvalue weighted by Crippen LogP contribution is 2.33. The first-order chi connectivity index (χ1) is 15.5. The van der Waals surface area contributed by atoms with Crippen molar-refractivity contribution in [3.05, 3.63) is 76.7 Å². The Labute approximate surface area is 194 Å². The van der Waals surface area contributed by atoms with Gasteiger partial charge in [-0.05, 0) is 69.0 Å². The lowest BCUT2D eigenvalue weighted by Crippen LogP contribution is -2.52. The van der Waals surface area contributed by atoms with Crippen molar-refractivity contribution < 1.29 is 18.7 Å². The van der Waals surface area contributed by atoms with Gasteiger partial charge in [0.05, 0.1) is 5.56 Å². The number of nitrogens with two attached hydrogens (primary N) is 1. The van der Waals surface area contributed by atoms with Crippen LogP contribution in [0.1, 0.15) is 45.7 Å². The van der Waals surface area contributed by atoms with Crippen LogP contribution in [0.3, 0.4) is 0 Å². The average Bonchev–Trinajstić information content (AvgIpc) is 2.77. The van der Waals surface area contributed by atoms with Gasteiger partial charge in [-0.25, -0.2) is 9.59 Å². The SMILES string of the molecule is C=CC(=O)OC(C)(C)C(C)(C)Oc1ccc2cc(-c3ccc(CN)cc3CC)c(=O)oc2c1. The molecular formula is C27H31NO5. The van der Waals surface area contributed by atoms with E-state index in [0.717, 1.165) is 34.6 Å². The molecule has 0 amide bonds. The minimum atomic E-state index is -0.940. The third-order valence-corrected chi connectivity index (χ3v) is 6.13. The van der Waals surface area contributed by atoms with Gasteiger partial charge in [-0.15, -0.1) is 0 Å². The first-order valence-corrected chi connectivity index (χ1v) is 11.0. The van der Waals surface area contributed by atoms with Gasteiger partial charge in [0.2, 0.25) is 0 Å². The van der Waals surface area contributed by atoms with Crippen molar-refractivity contribution >= 4 is 16.9 Å². The third kappa shape index (κ3) is 5.01. The lowest BCUT2D eigenvalue weighted by molar-refractivity contribution is -0.170. The molecule has 2 N–H and O–H groups in total. The summed E-state index contributed by atoms with van der Waals surface area (Å²) in [6.07, 6.45) is 1.89. The topological polar surface area (TPSA) is 91.8 Å². The summed E-state index contributed by atoms with van der Waals surface area (Å²) in [5, 5.41) is 0.775. The molecule has 6 heteroatoms. The summed E-state index contributed by atoms with van der Waals surface area (Å²) < 4.78 is 17.3. The zero-order valence-corrected chi connectivity index (χ0v) is 19.9. The fraction of sp³-hybridized carbons (Fsp3) is 0.333. The molecule has 3 aromatic rings. The van der Waals surface area contributed by atoms with Gasteiger partial charge in [-0.1, -0.05) is 31.7 Å². The number of rotatable bonds is 8. The first-order valence-electron chi connectivity index (χ1n) is 11.0. The summed E-state index contributed by atoms with van der Waals surface area (Å²) >= 11 is 0. The predicted octanol–water partition coefficient (Wildman–Crippen LogP) is 5.15. The highest BCUT2D eigenvalue weighted by atomic mass is 16.6. The standard InChI is InChI=1S/C27H31NO5/c1-7-18-13-17(16-28)9-12-21(18)22-14-19-10-11-20(15-23(19)31-25(22)30)32-26(3,4)27(5,6)33-24(29)8-2/h8-15H,2,7,16,28H2,1,3-6H3. The largest absolute Gasteiger partial charge is 0.484 e. The van der Waals surface area contributed by atoms with Gasteiger partial charge in [-0.3, -0.25) is 0 Å². The van der Waals surface area contributed by atoms with Crippen LogP contribution in [0.4, 0.5) is 0 Å². The fourth-order valence-corrected chi connectivity index (χ4v) is 3.51. The number of ether oxygens (including phenoxy) is 2. The molecular weight excluding hydrogens is 418 g/mol. The molecule has 0 unspecified atom stereocenters. The fourth-order valence-electron chi connectivity index (χ4n) is 3.51. The third-order valence-electron chi connectivity index (χ3n) is 6.13. The molecule has 0 aliphatic heterocycles. The summed E-state index contributed by atoms with van der Waals surface area (Å²) in [6, 6.07) is 13.0. The van der Waals surface area contributed by atoms with Gasteiger partial charge >= 0.3 is 11.6 Å². The maximum absolute atomic E-state index is 12.9. The van der Waals surface area contributed by atoms with E-state index in [-0.39, 0.29) is 0 Å². The molecule has 0 radical (unpaired) electrons. The van der Waals surface area contributed by atoms with E-state index in [1.165, 1.54) is 0 Å². The second-order valence-corrected chi connectivity index (χ2v) is 8.94. The van der Waals surface area contributed by atoms with Gasteiger partial charge in [0, 0.05) is 24.1 Å². The quantitative estimate of drug-likeness (QED) is 0.291. The summed E-state index contributed by atoms with van der Waals surface area (Å²) in [5.74, 6) is -0.0349. The van der Waals surface area contributed by atoms with Crippen LogP contribution in [0.15, 0.2) is 64.3 Å². The Morgan fingerprint density at radius 2 is 1.79 bits per heavy atom. The van der Waals surface area contributed by atoms with Crippen molar-refractivity contribution in [2.24, 2.45) is 5.73 Å². The molecule has 1 aromatic heterocycles. The lowest BCUT2D eigenvalue weighted by Gasteiger charge is -2.40. The molecule has 0 fully saturated rings. The second-order valence-electron chi connectivity index (χ2n) is 8.94. The van der Waals surface area contributed by atoms with E-state index in [0.29, 0.717) is 23.4 Å². The summed E-state index contributed by atoms with van der Waals surface area (Å²) in [5.41, 5.74) is 7.35. The Bertz CT molecular complexity index is 1250. The van der Waals surface area contributed by atoms with Crippen molar-refractivity contribution in [3.8, 4) is 16.9 Å². The smallest absolute Gasteiger partial charge is 0.344 e. The van der Waals surface area contributed by atoms with E-state index in [1.807, 2.05) is 51.1 Å². The van der Waals surface area contributed by atoms with Crippen molar-refractivity contribution in [1.29, 1.82) is 0 Å². The van der Waals surface area contributed by atoms with E-state index in [1.54, 1.807) is 26.0 Å². The molecule has 33 heavy (non-hydrogen) atoms. The summed E-state index contributed by atoms with van der Waals surface area (Å²) in [6.45, 7) is 13.1. The summed E-state index contributed by atoms with van der Waals surface area (Å²) in [7, 11) is 0. The maximum Gasteiger partial charge on any atom is 0.344 e. The van der Waals surface area contributed by atoms with Crippen LogP contribution in [0.25, 0.3) is 22.1 Å². The normalized spacial score (nSPS) is 11.9. The molecule has 0 bridgehead atoms. The Morgan fingerprint density at radius 1 is 1.06 bits per heavy atom. The zero-order valence-electron chi connectivity index (χ0n) is 19.9. The van der Waals surface area contributed by atoms with E-state index in [2.05, 4.69) is 6.58 Å². The van der Waals surface area contributed by atoms with Crippen molar-refractivity contribution in [2.45, 2.75) is 58.8 Å². The number of aryl methyl sites for hydroxylation is 1. The Balaban J connectivity index is 1.97. The number of hydrogen-bond donors (Lipinski definition) is 1. The van der Waals surface area contributed by atoms with E-state index in [4.69, 9.17) is 19.6 Å².